The van der Waals surface area contributed by atoms with Gasteiger partial charge in [-0.2, -0.15) is 0 Å². The minimum absolute atomic E-state index is 0.0118. The molecule has 8 heteroatoms. The van der Waals surface area contributed by atoms with Crippen LogP contribution >= 0.6 is 0 Å². The molecule has 0 saturated heterocycles. The van der Waals surface area contributed by atoms with Crippen molar-refractivity contribution in [3.05, 3.63) is 152 Å². The molecule has 0 spiro atoms. The Morgan fingerprint density at radius 3 is 1.19 bits per heavy atom. The summed E-state index contributed by atoms with van der Waals surface area (Å²) in [7, 11) is 0. The number of rotatable bonds is 5. The number of pyridine rings is 2. The zero-order valence-electron chi connectivity index (χ0n) is 40.5. The van der Waals surface area contributed by atoms with E-state index in [0.29, 0.717) is 22.3 Å². The first-order valence-corrected chi connectivity index (χ1v) is 24.4. The van der Waals surface area contributed by atoms with Gasteiger partial charge in [-0.15, -0.1) is 0 Å². The lowest BCUT2D eigenvalue weighted by atomic mass is 9.69. The van der Waals surface area contributed by atoms with Crippen LogP contribution in [0.2, 0.25) is 0 Å². The summed E-state index contributed by atoms with van der Waals surface area (Å²) in [4.78, 5) is 43.3. The molecule has 68 heavy (non-hydrogen) atoms. The van der Waals surface area contributed by atoms with E-state index in [4.69, 9.17) is 18.8 Å². The molecule has 4 aromatic heterocycles. The summed E-state index contributed by atoms with van der Waals surface area (Å²) in [6, 6.07) is 36.5. The van der Waals surface area contributed by atoms with Crippen molar-refractivity contribution in [3.63, 3.8) is 0 Å². The fourth-order valence-electron chi connectivity index (χ4n) is 11.9. The van der Waals surface area contributed by atoms with E-state index >= 15 is 0 Å². The van der Waals surface area contributed by atoms with Gasteiger partial charge in [0.2, 0.25) is 0 Å². The fraction of sp³-hybridized carbons (Fsp3) is 0.333. The van der Waals surface area contributed by atoms with Gasteiger partial charge in [-0.1, -0.05) is 104 Å². The van der Waals surface area contributed by atoms with Crippen LogP contribution in [0.25, 0.3) is 78.1 Å². The van der Waals surface area contributed by atoms with Gasteiger partial charge < -0.3 is 18.6 Å². The summed E-state index contributed by atoms with van der Waals surface area (Å²) in [6.07, 6.45) is 4.19. The second-order valence-electron chi connectivity index (χ2n) is 22.5. The van der Waals surface area contributed by atoms with E-state index in [2.05, 4.69) is 77.3 Å². The lowest BCUT2D eigenvalue weighted by molar-refractivity contribution is 0.398. The molecule has 8 nitrogen and oxygen atoms in total. The monoisotopic (exact) mass is 898 g/mol. The van der Waals surface area contributed by atoms with E-state index in [1.165, 1.54) is 22.5 Å². The first-order valence-electron chi connectivity index (χ1n) is 24.4. The topological polar surface area (TPSA) is 92.7 Å². The largest absolute Gasteiger partial charge is 0.422 e. The first kappa shape index (κ1) is 42.5. The van der Waals surface area contributed by atoms with Gasteiger partial charge >= 0.3 is 11.3 Å². The van der Waals surface area contributed by atoms with Crippen LogP contribution < -0.4 is 21.1 Å². The van der Waals surface area contributed by atoms with Gasteiger partial charge in [-0.3, -0.25) is 0 Å². The van der Waals surface area contributed by atoms with Gasteiger partial charge in [0.15, 0.2) is 0 Å². The summed E-state index contributed by atoms with van der Waals surface area (Å²) < 4.78 is 12.7. The van der Waals surface area contributed by atoms with E-state index in [1.54, 1.807) is 0 Å². The number of nitrogens with zero attached hydrogens (tertiary/aromatic N) is 4. The molecule has 0 aliphatic carbocycles. The van der Waals surface area contributed by atoms with E-state index in [0.717, 1.165) is 119 Å². The lowest BCUT2D eigenvalue weighted by Crippen LogP contribution is -2.44. The van der Waals surface area contributed by atoms with Crippen molar-refractivity contribution in [1.82, 2.24) is 9.97 Å². The minimum atomic E-state index is -0.338. The number of anilines is 2. The quantitative estimate of drug-likeness (QED) is 0.158. The third-order valence-electron chi connectivity index (χ3n) is 16.2. The first-order chi connectivity index (χ1) is 32.5. The average molecular weight is 899 g/mol. The van der Waals surface area contributed by atoms with Crippen LogP contribution in [0.3, 0.4) is 0 Å². The van der Waals surface area contributed by atoms with Crippen LogP contribution in [0.4, 0.5) is 11.4 Å². The summed E-state index contributed by atoms with van der Waals surface area (Å²) in [6.45, 7) is 22.5. The zero-order chi connectivity index (χ0) is 47.1. The zero-order valence-corrected chi connectivity index (χ0v) is 40.5. The van der Waals surface area contributed by atoms with E-state index in [1.807, 2.05) is 97.1 Å². The Hall–Kier alpha value is -6.80. The molecular weight excluding hydrogens is 841 g/mol. The van der Waals surface area contributed by atoms with Gasteiger partial charge in [0.05, 0.1) is 33.9 Å². The summed E-state index contributed by atoms with van der Waals surface area (Å²) in [5.41, 5.74) is 15.5. The molecule has 0 fully saturated rings. The van der Waals surface area contributed by atoms with Gasteiger partial charge in [-0.25, -0.2) is 19.6 Å². The van der Waals surface area contributed by atoms with Crippen molar-refractivity contribution in [2.45, 2.75) is 103 Å². The van der Waals surface area contributed by atoms with Crippen LogP contribution in [0.15, 0.2) is 128 Å². The van der Waals surface area contributed by atoms with Crippen LogP contribution in [-0.2, 0) is 21.7 Å². The molecule has 342 valence electrons. The van der Waals surface area contributed by atoms with Gasteiger partial charge in [0.25, 0.3) is 0 Å². The maximum absolute atomic E-state index is 14.0. The maximum atomic E-state index is 14.0. The van der Waals surface area contributed by atoms with Crippen molar-refractivity contribution in [1.29, 1.82) is 0 Å². The molecule has 0 amide bonds. The lowest BCUT2D eigenvalue weighted by Gasteiger charge is -2.48. The van der Waals surface area contributed by atoms with Crippen LogP contribution in [0.5, 0.6) is 0 Å². The SMILES string of the molecule is CC1(C)CCN2CCC(C)(C)c3c2c1cc1cc(-c2cccc(-c4cccc(-c5cccc(-c6cccc(-c7cc8cc9c%10c(c8oc7=O)C(C)(C)CCN%10CCC9(C)C)c6)n5)n4)c2)c(=O)oc31. The third kappa shape index (κ3) is 6.68. The Labute approximate surface area is 397 Å². The highest BCUT2D eigenvalue weighted by Gasteiger charge is 2.43. The molecule has 0 bridgehead atoms. The van der Waals surface area contributed by atoms with E-state index < -0.39 is 0 Å². The predicted octanol–water partition coefficient (Wildman–Crippen LogP) is 13.4. The van der Waals surface area contributed by atoms with Gasteiger partial charge in [0.1, 0.15) is 11.2 Å². The number of hydrogen-bond donors (Lipinski definition) is 0. The van der Waals surface area contributed by atoms with Gasteiger partial charge in [-0.05, 0) is 130 Å². The Kier molecular flexibility index (Phi) is 9.29. The maximum Gasteiger partial charge on any atom is 0.344 e. The molecule has 4 aromatic carbocycles. The fourth-order valence-corrected chi connectivity index (χ4v) is 11.9. The summed E-state index contributed by atoms with van der Waals surface area (Å²) >= 11 is 0. The normalized spacial score (nSPS) is 18.4. The van der Waals surface area contributed by atoms with Crippen LogP contribution in [-0.4, -0.2) is 36.1 Å². The number of hydrogen-bond acceptors (Lipinski definition) is 8. The van der Waals surface area contributed by atoms with Crippen molar-refractivity contribution in [2.24, 2.45) is 0 Å². The molecule has 8 aromatic rings. The summed E-state index contributed by atoms with van der Waals surface area (Å²) in [5.74, 6) is 0. The Bertz CT molecular complexity index is 3320. The second-order valence-corrected chi connectivity index (χ2v) is 22.5. The molecule has 12 rings (SSSR count). The molecule has 4 aliphatic heterocycles. The molecule has 0 atom stereocenters. The Balaban J connectivity index is 0.876. The third-order valence-corrected chi connectivity index (χ3v) is 16.2. The van der Waals surface area contributed by atoms with Crippen molar-refractivity contribution >= 4 is 33.3 Å². The van der Waals surface area contributed by atoms with Crippen molar-refractivity contribution in [2.75, 3.05) is 36.0 Å². The summed E-state index contributed by atoms with van der Waals surface area (Å²) in [5, 5.41) is 1.93. The standard InChI is InChI=1S/C60H58N4O4/c1-57(2)21-25-63-27-23-59(5,6)49-51(63)43(57)33-39-31-41(55(65)67-53(39)49)35-13-9-15-37(29-35)45-17-11-19-47(61-45)48-20-12-18-46(62-48)38-16-10-14-36(30-38)42-32-40-34-44-52-50(54(40)68-56(42)66)60(7,8)24-28-64(52)26-22-58(44,3)4/h9-20,29-34H,21-28H2,1-8H3. The van der Waals surface area contributed by atoms with Crippen molar-refractivity contribution in [3.8, 4) is 56.2 Å². The number of aromatic nitrogens is 2. The average Bonchev–Trinajstić information content (AvgIpc) is 3.32. The minimum Gasteiger partial charge on any atom is -0.422 e. The molecule has 8 heterocycles. The Morgan fingerprint density at radius 2 is 0.779 bits per heavy atom. The predicted molar refractivity (Wildman–Crippen MR) is 276 cm³/mol. The molecular formula is C60H58N4O4. The molecule has 0 unspecified atom stereocenters. The van der Waals surface area contributed by atoms with E-state index in [-0.39, 0.29) is 32.9 Å². The highest BCUT2D eigenvalue weighted by atomic mass is 16.4. The molecule has 4 aliphatic rings. The number of benzene rings is 4. The Morgan fingerprint density at radius 1 is 0.426 bits per heavy atom. The second kappa shape index (κ2) is 14.8. The molecule has 0 radical (unpaired) electrons. The van der Waals surface area contributed by atoms with E-state index in [9.17, 15) is 9.59 Å². The highest BCUT2D eigenvalue weighted by Crippen LogP contribution is 2.53. The van der Waals surface area contributed by atoms with Gasteiger partial charge in [0, 0.05) is 70.6 Å². The molecule has 0 N–H and O–H groups in total. The van der Waals surface area contributed by atoms with Crippen LogP contribution in [0.1, 0.15) is 103 Å². The van der Waals surface area contributed by atoms with Crippen molar-refractivity contribution < 1.29 is 8.83 Å². The molecule has 0 saturated carbocycles. The van der Waals surface area contributed by atoms with Crippen LogP contribution in [0, 0.1) is 0 Å². The number of fused-ring (bicyclic) bond motifs is 4. The highest BCUT2D eigenvalue weighted by molar-refractivity contribution is 5.94. The smallest absolute Gasteiger partial charge is 0.344 e.